The molecule has 0 unspecified atom stereocenters. The van der Waals surface area contributed by atoms with Crippen molar-refractivity contribution in [3.63, 3.8) is 0 Å². The number of nitrogens with one attached hydrogen (secondary N) is 1. The molecule has 74 valence electrons. The minimum atomic E-state index is -0.261. The highest BCUT2D eigenvalue weighted by molar-refractivity contribution is 5.85. The zero-order valence-electron chi connectivity index (χ0n) is 7.94. The summed E-state index contributed by atoms with van der Waals surface area (Å²) in [6.07, 6.45) is 2.12. The Morgan fingerprint density at radius 2 is 1.80 bits per heavy atom. The van der Waals surface area contributed by atoms with Crippen LogP contribution in [0.4, 0.5) is 0 Å². The first-order valence-corrected chi connectivity index (χ1v) is 4.55. The fourth-order valence-electron chi connectivity index (χ4n) is 1.45. The first-order valence-electron chi connectivity index (χ1n) is 4.55. The molecule has 1 N–H and O–H groups in total. The molecule has 0 aliphatic heterocycles. The number of hydrogen-bond acceptors (Lipinski definition) is 2. The molecule has 0 amide bonds. The molecule has 1 aromatic heterocycles. The van der Waals surface area contributed by atoms with Gasteiger partial charge in [0.1, 0.15) is 0 Å². The van der Waals surface area contributed by atoms with Crippen molar-refractivity contribution >= 4 is 6.29 Å². The van der Waals surface area contributed by atoms with Crippen LogP contribution in [0.15, 0.2) is 47.4 Å². The van der Waals surface area contributed by atoms with E-state index in [1.54, 1.807) is 0 Å². The van der Waals surface area contributed by atoms with Gasteiger partial charge in [-0.2, -0.15) is 0 Å². The van der Waals surface area contributed by atoms with Gasteiger partial charge in [0.15, 0.2) is 11.7 Å². The molecule has 3 nitrogen and oxygen atoms in total. The Bertz CT molecular complexity index is 529. The van der Waals surface area contributed by atoms with E-state index in [1.807, 2.05) is 30.3 Å². The van der Waals surface area contributed by atoms with E-state index in [1.165, 1.54) is 12.3 Å². The molecule has 0 saturated heterocycles. The van der Waals surface area contributed by atoms with Crippen molar-refractivity contribution in [2.24, 2.45) is 0 Å². The average Bonchev–Trinajstić information content (AvgIpc) is 2.30. The van der Waals surface area contributed by atoms with Gasteiger partial charge in [0.2, 0.25) is 0 Å². The molecule has 1 heterocycles. The van der Waals surface area contributed by atoms with Crippen LogP contribution in [-0.2, 0) is 0 Å². The van der Waals surface area contributed by atoms with Gasteiger partial charge >= 0.3 is 0 Å². The summed E-state index contributed by atoms with van der Waals surface area (Å²) < 4.78 is 0. The second kappa shape index (κ2) is 3.92. The van der Waals surface area contributed by atoms with Crippen LogP contribution >= 0.6 is 0 Å². The van der Waals surface area contributed by atoms with E-state index in [4.69, 9.17) is 0 Å². The molecule has 1 aromatic carbocycles. The molecular formula is C12H9NO2. The molecule has 0 radical (unpaired) electrons. The van der Waals surface area contributed by atoms with Crippen LogP contribution in [0.2, 0.25) is 0 Å². The minimum absolute atomic E-state index is 0.170. The smallest absolute Gasteiger partial charge is 0.192 e. The van der Waals surface area contributed by atoms with Gasteiger partial charge in [-0.05, 0) is 5.56 Å². The van der Waals surface area contributed by atoms with Gasteiger partial charge in [0.05, 0.1) is 11.3 Å². The van der Waals surface area contributed by atoms with Crippen molar-refractivity contribution in [3.8, 4) is 11.3 Å². The minimum Gasteiger partial charge on any atom is -0.360 e. The van der Waals surface area contributed by atoms with Crippen molar-refractivity contribution in [2.45, 2.75) is 0 Å². The standard InChI is InChI=1S/C12H9NO2/c14-8-10-11(15)6-7-13-12(10)9-4-2-1-3-5-9/h1-8H,(H,13,15). The van der Waals surface area contributed by atoms with E-state index < -0.39 is 0 Å². The van der Waals surface area contributed by atoms with E-state index >= 15 is 0 Å². The Balaban J connectivity index is 2.69. The molecule has 2 rings (SSSR count). The van der Waals surface area contributed by atoms with Crippen LogP contribution in [-0.4, -0.2) is 11.3 Å². The highest BCUT2D eigenvalue weighted by atomic mass is 16.1. The Morgan fingerprint density at radius 1 is 1.07 bits per heavy atom. The number of hydrogen-bond donors (Lipinski definition) is 1. The number of aromatic nitrogens is 1. The maximum atomic E-state index is 11.4. The van der Waals surface area contributed by atoms with E-state index in [-0.39, 0.29) is 11.0 Å². The summed E-state index contributed by atoms with van der Waals surface area (Å²) in [6, 6.07) is 10.6. The van der Waals surface area contributed by atoms with Crippen LogP contribution in [0.3, 0.4) is 0 Å². The largest absolute Gasteiger partial charge is 0.360 e. The number of aldehydes is 1. The quantitative estimate of drug-likeness (QED) is 0.750. The Morgan fingerprint density at radius 3 is 2.47 bits per heavy atom. The SMILES string of the molecule is O=Cc1c(-c2ccccc2)[nH]ccc1=O. The van der Waals surface area contributed by atoms with Gasteiger partial charge < -0.3 is 4.98 Å². The first kappa shape index (κ1) is 9.40. The molecule has 0 bridgehead atoms. The molecule has 0 fully saturated rings. The Kier molecular flexibility index (Phi) is 2.46. The lowest BCUT2D eigenvalue weighted by Crippen LogP contribution is -2.09. The summed E-state index contributed by atoms with van der Waals surface area (Å²) in [7, 11) is 0. The summed E-state index contributed by atoms with van der Waals surface area (Å²) in [5.41, 5.74) is 1.31. The normalized spacial score (nSPS) is 9.87. The first-order chi connectivity index (χ1) is 7.33. The summed E-state index contributed by atoms with van der Waals surface area (Å²) in [6.45, 7) is 0. The lowest BCUT2D eigenvalue weighted by atomic mass is 10.1. The van der Waals surface area contributed by atoms with Crippen molar-refractivity contribution < 1.29 is 4.79 Å². The van der Waals surface area contributed by atoms with Gasteiger partial charge in [-0.15, -0.1) is 0 Å². The van der Waals surface area contributed by atoms with E-state index in [2.05, 4.69) is 4.98 Å². The van der Waals surface area contributed by atoms with Crippen LogP contribution in [0, 0.1) is 0 Å². The van der Waals surface area contributed by atoms with Gasteiger partial charge in [-0.1, -0.05) is 30.3 Å². The topological polar surface area (TPSA) is 49.9 Å². The monoisotopic (exact) mass is 199 g/mol. The van der Waals surface area contributed by atoms with Gasteiger partial charge in [-0.25, -0.2) is 0 Å². The number of rotatable bonds is 2. The van der Waals surface area contributed by atoms with Crippen molar-refractivity contribution in [2.75, 3.05) is 0 Å². The molecule has 15 heavy (non-hydrogen) atoms. The third-order valence-corrected chi connectivity index (χ3v) is 2.18. The van der Waals surface area contributed by atoms with Crippen molar-refractivity contribution in [1.29, 1.82) is 0 Å². The molecule has 0 aliphatic rings. The molecule has 0 saturated carbocycles. The molecule has 2 aromatic rings. The number of H-pyrrole nitrogens is 1. The van der Waals surface area contributed by atoms with Gasteiger partial charge in [0.25, 0.3) is 0 Å². The van der Waals surface area contributed by atoms with Crippen molar-refractivity contribution in [1.82, 2.24) is 4.98 Å². The van der Waals surface area contributed by atoms with Crippen LogP contribution in [0.1, 0.15) is 10.4 Å². The van der Waals surface area contributed by atoms with Crippen molar-refractivity contribution in [3.05, 3.63) is 58.4 Å². The van der Waals surface area contributed by atoms with Crippen LogP contribution in [0.5, 0.6) is 0 Å². The molecule has 0 aliphatic carbocycles. The van der Waals surface area contributed by atoms with Crippen LogP contribution < -0.4 is 5.43 Å². The summed E-state index contributed by atoms with van der Waals surface area (Å²) in [5.74, 6) is 0. The average molecular weight is 199 g/mol. The highest BCUT2D eigenvalue weighted by Gasteiger charge is 2.06. The summed E-state index contributed by atoms with van der Waals surface area (Å²) in [4.78, 5) is 25.1. The second-order valence-corrected chi connectivity index (χ2v) is 3.11. The lowest BCUT2D eigenvalue weighted by molar-refractivity contribution is 0.112. The van der Waals surface area contributed by atoms with Gasteiger partial charge in [-0.3, -0.25) is 9.59 Å². The number of aromatic amines is 1. The zero-order chi connectivity index (χ0) is 10.7. The maximum Gasteiger partial charge on any atom is 0.192 e. The molecule has 3 heteroatoms. The molecule has 0 atom stereocenters. The number of carbonyl (C=O) groups excluding carboxylic acids is 1. The molecular weight excluding hydrogens is 190 g/mol. The van der Waals surface area contributed by atoms with E-state index in [9.17, 15) is 9.59 Å². The maximum absolute atomic E-state index is 11.4. The predicted octanol–water partition coefficient (Wildman–Crippen LogP) is 1.85. The highest BCUT2D eigenvalue weighted by Crippen LogP contribution is 2.16. The number of carbonyl (C=O) groups is 1. The number of benzene rings is 1. The Hall–Kier alpha value is -2.16. The van der Waals surface area contributed by atoms with Gasteiger partial charge in [0, 0.05) is 12.3 Å². The fraction of sp³-hybridized carbons (Fsp3) is 0. The molecule has 0 spiro atoms. The fourth-order valence-corrected chi connectivity index (χ4v) is 1.45. The second-order valence-electron chi connectivity index (χ2n) is 3.11. The zero-order valence-corrected chi connectivity index (χ0v) is 7.94. The third-order valence-electron chi connectivity index (χ3n) is 2.18. The predicted molar refractivity (Wildman–Crippen MR) is 57.9 cm³/mol. The van der Waals surface area contributed by atoms with Crippen LogP contribution in [0.25, 0.3) is 11.3 Å². The number of pyridine rings is 1. The van der Waals surface area contributed by atoms with E-state index in [0.29, 0.717) is 12.0 Å². The lowest BCUT2D eigenvalue weighted by Gasteiger charge is -2.03. The summed E-state index contributed by atoms with van der Waals surface area (Å²) >= 11 is 0. The summed E-state index contributed by atoms with van der Waals surface area (Å²) in [5, 5.41) is 0. The van der Waals surface area contributed by atoms with E-state index in [0.717, 1.165) is 5.56 Å². The third kappa shape index (κ3) is 1.72. The Labute approximate surface area is 86.4 Å².